The van der Waals surface area contributed by atoms with Gasteiger partial charge in [0, 0.05) is 18.8 Å². The number of sulfone groups is 1. The average Bonchev–Trinajstić information content (AvgIpc) is 3.10. The lowest BCUT2D eigenvalue weighted by molar-refractivity contribution is 0.132. The Morgan fingerprint density at radius 3 is 2.10 bits per heavy atom. The van der Waals surface area contributed by atoms with E-state index in [1.807, 2.05) is 36.4 Å². The van der Waals surface area contributed by atoms with Gasteiger partial charge in [-0.05, 0) is 35.1 Å². The Bertz CT molecular complexity index is 1100. The van der Waals surface area contributed by atoms with Crippen molar-refractivity contribution in [2.75, 3.05) is 6.61 Å². The van der Waals surface area contributed by atoms with Crippen LogP contribution in [0.2, 0.25) is 0 Å². The molecular weight excluding hydrogens is 400 g/mol. The van der Waals surface area contributed by atoms with Gasteiger partial charge in [0.15, 0.2) is 9.84 Å². The predicted octanol–water partition coefficient (Wildman–Crippen LogP) is 3.53. The van der Waals surface area contributed by atoms with Gasteiger partial charge in [-0.25, -0.2) is 13.2 Å². The third-order valence-corrected chi connectivity index (χ3v) is 9.45. The second kappa shape index (κ2) is 6.85. The maximum absolute atomic E-state index is 12.6. The van der Waals surface area contributed by atoms with Gasteiger partial charge < -0.3 is 10.1 Å². The Labute approximate surface area is 175 Å². The largest absolute Gasteiger partial charge is 0.449 e. The summed E-state index contributed by atoms with van der Waals surface area (Å²) in [7, 11) is -3.18. The van der Waals surface area contributed by atoms with E-state index in [1.54, 1.807) is 0 Å². The van der Waals surface area contributed by atoms with Crippen LogP contribution in [0.3, 0.4) is 0 Å². The van der Waals surface area contributed by atoms with Crippen LogP contribution < -0.4 is 5.32 Å². The molecule has 2 heterocycles. The Morgan fingerprint density at radius 2 is 1.57 bits per heavy atom. The molecular formula is C23H22N2O4S. The van der Waals surface area contributed by atoms with Gasteiger partial charge in [0.05, 0.1) is 16.6 Å². The van der Waals surface area contributed by atoms with Crippen LogP contribution >= 0.6 is 0 Å². The fourth-order valence-electron chi connectivity index (χ4n) is 5.32. The Balaban J connectivity index is 1.31. The van der Waals surface area contributed by atoms with E-state index in [0.717, 1.165) is 22.3 Å². The highest BCUT2D eigenvalue weighted by Crippen LogP contribution is 2.45. The van der Waals surface area contributed by atoms with Crippen molar-refractivity contribution in [2.45, 2.75) is 47.6 Å². The molecule has 0 radical (unpaired) electrons. The lowest BCUT2D eigenvalue weighted by atomic mass is 9.91. The third kappa shape index (κ3) is 2.90. The van der Waals surface area contributed by atoms with Gasteiger partial charge in [0.1, 0.15) is 12.1 Å². The summed E-state index contributed by atoms with van der Waals surface area (Å²) in [6.07, 6.45) is 0.710. The minimum atomic E-state index is -3.18. The van der Waals surface area contributed by atoms with E-state index < -0.39 is 32.0 Å². The summed E-state index contributed by atoms with van der Waals surface area (Å²) in [5.41, 5.74) is 3.33. The molecule has 0 saturated carbocycles. The van der Waals surface area contributed by atoms with Crippen LogP contribution in [0.1, 0.15) is 42.7 Å². The van der Waals surface area contributed by atoms with Gasteiger partial charge >= 0.3 is 6.09 Å². The van der Waals surface area contributed by atoms with E-state index in [9.17, 15) is 18.5 Å². The molecule has 1 N–H and O–H groups in total. The molecule has 1 aliphatic carbocycles. The number of nitriles is 1. The minimum Gasteiger partial charge on any atom is -0.449 e. The van der Waals surface area contributed by atoms with Gasteiger partial charge in [-0.15, -0.1) is 0 Å². The number of hydrogen-bond acceptors (Lipinski definition) is 5. The Kier molecular flexibility index (Phi) is 4.37. The monoisotopic (exact) mass is 422 g/mol. The second-order valence-electron chi connectivity index (χ2n) is 8.46. The molecule has 0 spiro atoms. The van der Waals surface area contributed by atoms with Crippen molar-refractivity contribution in [2.24, 2.45) is 0 Å². The number of rotatable bonds is 3. The fraction of sp³-hybridized carbons (Fsp3) is 0.391. The van der Waals surface area contributed by atoms with Crippen molar-refractivity contribution in [3.05, 3.63) is 59.7 Å². The molecule has 2 atom stereocenters. The molecule has 5 rings (SSSR count). The van der Waals surface area contributed by atoms with Gasteiger partial charge in [0.2, 0.25) is 0 Å². The first kappa shape index (κ1) is 19.1. The molecule has 6 nitrogen and oxygen atoms in total. The molecule has 2 aromatic carbocycles. The summed E-state index contributed by atoms with van der Waals surface area (Å²) in [5, 5.41) is 11.4. The van der Waals surface area contributed by atoms with Crippen LogP contribution in [0.4, 0.5) is 4.79 Å². The van der Waals surface area contributed by atoms with Crippen LogP contribution in [-0.4, -0.2) is 37.2 Å². The average molecular weight is 423 g/mol. The zero-order valence-electron chi connectivity index (χ0n) is 16.4. The predicted molar refractivity (Wildman–Crippen MR) is 112 cm³/mol. The first-order valence-corrected chi connectivity index (χ1v) is 11.8. The summed E-state index contributed by atoms with van der Waals surface area (Å²) in [4.78, 5) is 12.6. The molecule has 3 aliphatic rings. The van der Waals surface area contributed by atoms with Crippen LogP contribution in [0.25, 0.3) is 11.1 Å². The van der Waals surface area contributed by atoms with E-state index in [1.165, 1.54) is 0 Å². The van der Waals surface area contributed by atoms with Crippen LogP contribution in [0.5, 0.6) is 0 Å². The number of alkyl carbamates (subject to hydrolysis) is 1. The van der Waals surface area contributed by atoms with Gasteiger partial charge in [-0.2, -0.15) is 5.26 Å². The summed E-state index contributed by atoms with van der Waals surface area (Å²) in [6, 6.07) is 18.3. The molecule has 154 valence electrons. The van der Waals surface area contributed by atoms with Crippen LogP contribution in [-0.2, 0) is 14.6 Å². The number of ether oxygens (including phenoxy) is 1. The second-order valence-corrected chi connectivity index (χ2v) is 11.0. The van der Waals surface area contributed by atoms with Crippen LogP contribution in [0, 0.1) is 11.3 Å². The van der Waals surface area contributed by atoms with E-state index in [0.29, 0.717) is 12.8 Å². The van der Waals surface area contributed by atoms with Crippen molar-refractivity contribution in [1.82, 2.24) is 5.32 Å². The van der Waals surface area contributed by atoms with E-state index in [-0.39, 0.29) is 25.4 Å². The maximum Gasteiger partial charge on any atom is 0.408 e. The van der Waals surface area contributed by atoms with Gasteiger partial charge in [-0.3, -0.25) is 0 Å². The van der Waals surface area contributed by atoms with Crippen molar-refractivity contribution < 1.29 is 17.9 Å². The fourth-order valence-corrected chi connectivity index (χ4v) is 7.83. The summed E-state index contributed by atoms with van der Waals surface area (Å²) in [6.45, 7) is 0.159. The standard InChI is InChI=1S/C23H22N2O4S/c24-14-23(11-15-9-10-16(12-23)30(15,27)28)25-22(26)29-13-21-19-7-3-1-5-17(19)18-6-2-4-8-20(18)21/h1-8,15-16,21H,9-13H2,(H,25,26). The zero-order valence-corrected chi connectivity index (χ0v) is 17.2. The quantitative estimate of drug-likeness (QED) is 0.816. The van der Waals surface area contributed by atoms with E-state index in [4.69, 9.17) is 4.74 Å². The first-order chi connectivity index (χ1) is 14.4. The number of carbonyl (C=O) groups is 1. The van der Waals surface area contributed by atoms with Crippen molar-refractivity contribution >= 4 is 15.9 Å². The number of carbonyl (C=O) groups excluding carboxylic acids is 1. The summed E-state index contributed by atoms with van der Waals surface area (Å²) < 4.78 is 30.3. The lowest BCUT2D eigenvalue weighted by Gasteiger charge is -2.35. The Hall–Kier alpha value is -2.85. The Morgan fingerprint density at radius 1 is 1.03 bits per heavy atom. The van der Waals surface area contributed by atoms with Gasteiger partial charge in [0.25, 0.3) is 0 Å². The first-order valence-electron chi connectivity index (χ1n) is 10.2. The number of hydrogen-bond donors (Lipinski definition) is 1. The number of nitrogens with one attached hydrogen (secondary N) is 1. The number of nitrogens with zero attached hydrogens (tertiary/aromatic N) is 1. The SMILES string of the molecule is N#CC1(NC(=O)OCC2c3ccccc3-c3ccccc32)CC2CCC(C1)S2(=O)=O. The molecule has 0 aromatic heterocycles. The minimum absolute atomic E-state index is 0.0656. The highest BCUT2D eigenvalue weighted by atomic mass is 32.2. The molecule has 2 unspecified atom stereocenters. The smallest absolute Gasteiger partial charge is 0.408 e. The molecule has 7 heteroatoms. The molecule has 2 bridgehead atoms. The van der Waals surface area contributed by atoms with Gasteiger partial charge in [-0.1, -0.05) is 48.5 Å². The summed E-state index contributed by atoms with van der Waals surface area (Å²) >= 11 is 0. The van der Waals surface area contributed by atoms with E-state index >= 15 is 0 Å². The normalized spacial score (nSPS) is 28.2. The molecule has 1 amide bonds. The lowest BCUT2D eigenvalue weighted by Crippen LogP contribution is -2.55. The van der Waals surface area contributed by atoms with Crippen molar-refractivity contribution in [3.8, 4) is 17.2 Å². The number of amides is 1. The maximum atomic E-state index is 12.6. The zero-order chi connectivity index (χ0) is 20.9. The number of benzene rings is 2. The van der Waals surface area contributed by atoms with Crippen LogP contribution in [0.15, 0.2) is 48.5 Å². The topological polar surface area (TPSA) is 96.3 Å². The molecule has 2 fully saturated rings. The summed E-state index contributed by atoms with van der Waals surface area (Å²) in [5.74, 6) is -0.0656. The molecule has 30 heavy (non-hydrogen) atoms. The van der Waals surface area contributed by atoms with Crippen molar-refractivity contribution in [1.29, 1.82) is 5.26 Å². The molecule has 2 aromatic rings. The van der Waals surface area contributed by atoms with E-state index in [2.05, 4.69) is 23.5 Å². The molecule has 2 saturated heterocycles. The number of fused-ring (bicyclic) bond motifs is 5. The highest BCUT2D eigenvalue weighted by Gasteiger charge is 2.54. The third-order valence-electron chi connectivity index (χ3n) is 6.79. The molecule has 2 aliphatic heterocycles. The van der Waals surface area contributed by atoms with Crippen molar-refractivity contribution in [3.63, 3.8) is 0 Å². The highest BCUT2D eigenvalue weighted by molar-refractivity contribution is 7.93.